The van der Waals surface area contributed by atoms with Crippen LogP contribution in [0.25, 0.3) is 6.08 Å². The molecule has 0 radical (unpaired) electrons. The average Bonchev–Trinajstić information content (AvgIpc) is 2.96. The summed E-state index contributed by atoms with van der Waals surface area (Å²) in [5.74, 6) is -6.66. The molecular weight excluding hydrogens is 589 g/mol. The van der Waals surface area contributed by atoms with E-state index in [0.717, 1.165) is 24.8 Å². The average molecular weight is 629 g/mol. The van der Waals surface area contributed by atoms with E-state index in [1.807, 2.05) is 0 Å². The van der Waals surface area contributed by atoms with Crippen molar-refractivity contribution in [2.45, 2.75) is 102 Å². The van der Waals surface area contributed by atoms with Gasteiger partial charge in [0.2, 0.25) is 0 Å². The lowest BCUT2D eigenvalue weighted by Crippen LogP contribution is -2.39. The largest absolute Gasteiger partial charge is 0.462 e. The third-order valence-corrected chi connectivity index (χ3v) is 8.70. The van der Waals surface area contributed by atoms with E-state index < -0.39 is 47.3 Å². The predicted octanol–water partition coefficient (Wildman–Crippen LogP) is 10.3. The molecule has 10 heteroatoms. The summed E-state index contributed by atoms with van der Waals surface area (Å²) in [7, 11) is 0. The van der Waals surface area contributed by atoms with Gasteiger partial charge in [0.1, 0.15) is 29.1 Å². The Hall–Kier alpha value is -3.04. The summed E-state index contributed by atoms with van der Waals surface area (Å²) in [6.45, 7) is 2.19. The molecule has 0 amide bonds. The second kappa shape index (κ2) is 14.8. The summed E-state index contributed by atoms with van der Waals surface area (Å²) in [5.41, 5.74) is 0.326. The molecule has 2 aliphatic rings. The Balaban J connectivity index is 1.19. The lowest BCUT2D eigenvalue weighted by atomic mass is 9.81. The van der Waals surface area contributed by atoms with Crippen LogP contribution in [0.3, 0.4) is 0 Å². The number of ether oxygens (including phenoxy) is 2. The number of unbranched alkanes of at least 4 members (excludes halogenated alkanes) is 2. The molecule has 0 N–H and O–H groups in total. The highest BCUT2D eigenvalue weighted by Crippen LogP contribution is 2.41. The zero-order valence-electron chi connectivity index (χ0n) is 24.8. The van der Waals surface area contributed by atoms with Gasteiger partial charge in [-0.05, 0) is 81.3 Å². The first-order valence-corrected chi connectivity index (χ1v) is 15.5. The number of carbonyl (C=O) groups is 1. The number of halogens is 7. The number of carbonyl (C=O) groups excluding carboxylic acids is 1. The zero-order valence-corrected chi connectivity index (χ0v) is 24.8. The fourth-order valence-corrected chi connectivity index (χ4v) is 6.07. The van der Waals surface area contributed by atoms with Crippen molar-refractivity contribution in [3.63, 3.8) is 0 Å². The predicted molar refractivity (Wildman–Crippen MR) is 153 cm³/mol. The Kier molecular flexibility index (Phi) is 11.4. The lowest BCUT2D eigenvalue weighted by Gasteiger charge is -2.34. The van der Waals surface area contributed by atoms with Crippen molar-refractivity contribution in [1.82, 2.24) is 0 Å². The Morgan fingerprint density at radius 2 is 1.48 bits per heavy atom. The smallest absolute Gasteiger partial charge is 0.422 e. The van der Waals surface area contributed by atoms with Gasteiger partial charge in [0.25, 0.3) is 0 Å². The zero-order chi connectivity index (χ0) is 31.9. The fraction of sp³-hybridized carbons (Fsp3) is 0.559. The van der Waals surface area contributed by atoms with Crippen LogP contribution < -0.4 is 4.74 Å². The molecular formula is C34H39F7O3. The number of hydrogen-bond donors (Lipinski definition) is 0. The van der Waals surface area contributed by atoms with Gasteiger partial charge < -0.3 is 9.47 Å². The van der Waals surface area contributed by atoms with Crippen molar-refractivity contribution in [2.75, 3.05) is 0 Å². The van der Waals surface area contributed by atoms with E-state index in [2.05, 4.69) is 48.1 Å². The molecule has 0 spiro atoms. The molecule has 0 aromatic heterocycles. The second-order valence-electron chi connectivity index (χ2n) is 12.0. The van der Waals surface area contributed by atoms with Gasteiger partial charge in [-0.1, -0.05) is 56.2 Å². The molecule has 3 nitrogen and oxygen atoms in total. The molecule has 2 aromatic rings. The fourth-order valence-electron chi connectivity index (χ4n) is 6.07. The monoisotopic (exact) mass is 628 g/mol. The maximum absolute atomic E-state index is 14.8. The van der Waals surface area contributed by atoms with Crippen LogP contribution in [0.5, 0.6) is 5.75 Å². The van der Waals surface area contributed by atoms with E-state index in [9.17, 15) is 35.5 Å². The minimum absolute atomic E-state index is 0.0895. The van der Waals surface area contributed by atoms with Crippen molar-refractivity contribution in [3.8, 4) is 5.75 Å². The van der Waals surface area contributed by atoms with Crippen LogP contribution in [0.1, 0.15) is 94.2 Å². The highest BCUT2D eigenvalue weighted by molar-refractivity contribution is 5.72. The number of rotatable bonds is 11. The Morgan fingerprint density at radius 3 is 2.05 bits per heavy atom. The van der Waals surface area contributed by atoms with E-state index in [1.54, 1.807) is 0 Å². The van der Waals surface area contributed by atoms with Crippen LogP contribution in [-0.4, -0.2) is 18.2 Å². The molecule has 2 aromatic carbocycles. The summed E-state index contributed by atoms with van der Waals surface area (Å²) in [6.07, 6.45) is 2.54. The van der Waals surface area contributed by atoms with Crippen molar-refractivity contribution >= 4 is 12.0 Å². The maximum atomic E-state index is 14.8. The van der Waals surface area contributed by atoms with Gasteiger partial charge in [-0.2, -0.15) is 22.0 Å². The molecule has 2 saturated carbocycles. The first kappa shape index (κ1) is 33.8. The summed E-state index contributed by atoms with van der Waals surface area (Å²) in [6, 6.07) is 8.81. The van der Waals surface area contributed by atoms with Gasteiger partial charge in [-0.3, -0.25) is 4.79 Å². The van der Waals surface area contributed by atoms with Crippen LogP contribution >= 0.6 is 0 Å². The van der Waals surface area contributed by atoms with E-state index in [0.29, 0.717) is 18.8 Å². The standard InChI is InChI=1S/C34H39F7O3/c1-2-3-4-5-22-6-8-23(9-7-22)10-11-24-12-14-25(15-13-24)32(42)43-27-18-16-26(17-19-27)34(40,41)44-28-20-29(35)31(30(36)21-28)33(37,38)39/h6-11,20-21,24-27H,2-5,12-19H2,1H3/b11-10+. The number of benzene rings is 2. The molecule has 0 unspecified atom stereocenters. The van der Waals surface area contributed by atoms with Crippen molar-refractivity contribution in [1.29, 1.82) is 0 Å². The number of aryl methyl sites for hydroxylation is 1. The molecule has 2 fully saturated rings. The van der Waals surface area contributed by atoms with Crippen LogP contribution in [0, 0.1) is 29.4 Å². The molecule has 0 aliphatic heterocycles. The Morgan fingerprint density at radius 1 is 0.864 bits per heavy atom. The summed E-state index contributed by atoms with van der Waals surface area (Å²) in [4.78, 5) is 12.8. The van der Waals surface area contributed by atoms with E-state index in [-0.39, 0.29) is 49.7 Å². The SMILES string of the molecule is CCCCCc1ccc(/C=C/C2CCC(C(=O)OC3CCC(C(F)(F)Oc4cc(F)c(C(F)(F)F)c(F)c4)CC3)CC2)cc1. The maximum Gasteiger partial charge on any atom is 0.422 e. The molecule has 242 valence electrons. The number of alkyl halides is 5. The first-order chi connectivity index (χ1) is 20.9. The van der Waals surface area contributed by atoms with Crippen molar-refractivity contribution in [2.24, 2.45) is 17.8 Å². The van der Waals surface area contributed by atoms with Crippen LogP contribution in [0.2, 0.25) is 0 Å². The third-order valence-electron chi connectivity index (χ3n) is 8.70. The Labute approximate surface area is 253 Å². The lowest BCUT2D eigenvalue weighted by molar-refractivity contribution is -0.226. The second-order valence-corrected chi connectivity index (χ2v) is 12.0. The molecule has 0 heterocycles. The van der Waals surface area contributed by atoms with Gasteiger partial charge >= 0.3 is 18.3 Å². The number of allylic oxidation sites excluding steroid dienone is 1. The van der Waals surface area contributed by atoms with Gasteiger partial charge in [0.15, 0.2) is 0 Å². The van der Waals surface area contributed by atoms with Gasteiger partial charge in [-0.25, -0.2) is 8.78 Å². The van der Waals surface area contributed by atoms with Gasteiger partial charge in [-0.15, -0.1) is 0 Å². The number of hydrogen-bond acceptors (Lipinski definition) is 3. The van der Waals surface area contributed by atoms with Crippen LogP contribution in [0.4, 0.5) is 30.7 Å². The number of esters is 1. The molecule has 4 rings (SSSR count). The van der Waals surface area contributed by atoms with Gasteiger partial charge in [0, 0.05) is 12.1 Å². The van der Waals surface area contributed by atoms with Crippen molar-refractivity contribution < 1.29 is 45.0 Å². The first-order valence-electron chi connectivity index (χ1n) is 15.5. The van der Waals surface area contributed by atoms with Crippen molar-refractivity contribution in [3.05, 3.63) is 70.8 Å². The highest BCUT2D eigenvalue weighted by Gasteiger charge is 2.46. The normalized spacial score (nSPS) is 23.1. The summed E-state index contributed by atoms with van der Waals surface area (Å²) in [5, 5.41) is 0. The summed E-state index contributed by atoms with van der Waals surface area (Å²) >= 11 is 0. The van der Waals surface area contributed by atoms with E-state index >= 15 is 0 Å². The van der Waals surface area contributed by atoms with Crippen LogP contribution in [0.15, 0.2) is 42.5 Å². The van der Waals surface area contributed by atoms with Crippen LogP contribution in [-0.2, 0) is 22.1 Å². The highest BCUT2D eigenvalue weighted by atomic mass is 19.4. The third kappa shape index (κ3) is 9.24. The van der Waals surface area contributed by atoms with E-state index in [1.165, 1.54) is 24.8 Å². The Bertz CT molecular complexity index is 1230. The molecule has 2 aliphatic carbocycles. The minimum Gasteiger partial charge on any atom is -0.462 e. The molecule has 44 heavy (non-hydrogen) atoms. The quantitative estimate of drug-likeness (QED) is 0.141. The van der Waals surface area contributed by atoms with E-state index in [4.69, 9.17) is 4.74 Å². The molecule has 0 saturated heterocycles. The molecule has 0 bridgehead atoms. The minimum atomic E-state index is -5.32. The molecule has 0 atom stereocenters. The van der Waals surface area contributed by atoms with Gasteiger partial charge in [0.05, 0.1) is 11.8 Å². The summed E-state index contributed by atoms with van der Waals surface area (Å²) < 4.78 is 105. The topological polar surface area (TPSA) is 35.5 Å².